The van der Waals surface area contributed by atoms with Crippen molar-refractivity contribution in [3.05, 3.63) is 69.2 Å². The van der Waals surface area contributed by atoms with Gasteiger partial charge in [0, 0.05) is 30.4 Å². The first-order valence-electron chi connectivity index (χ1n) is 9.72. The number of halogens is 1. The fraction of sp³-hybridized carbons (Fsp3) is 0.200. The van der Waals surface area contributed by atoms with Crippen LogP contribution in [0.4, 0.5) is 29.2 Å². The molecule has 2 heterocycles. The van der Waals surface area contributed by atoms with Crippen LogP contribution in [0.15, 0.2) is 53.6 Å². The van der Waals surface area contributed by atoms with Gasteiger partial charge in [0.05, 0.1) is 24.4 Å². The van der Waals surface area contributed by atoms with E-state index in [1.54, 1.807) is 6.07 Å². The Labute approximate surface area is 188 Å². The van der Waals surface area contributed by atoms with Gasteiger partial charge >= 0.3 is 0 Å². The molecule has 164 valence electrons. The van der Waals surface area contributed by atoms with Crippen molar-refractivity contribution in [2.45, 2.75) is 0 Å². The summed E-state index contributed by atoms with van der Waals surface area (Å²) in [6.07, 6.45) is 1.42. The van der Waals surface area contributed by atoms with Crippen molar-refractivity contribution in [1.82, 2.24) is 15.0 Å². The third-order valence-electron chi connectivity index (χ3n) is 4.49. The van der Waals surface area contributed by atoms with Crippen LogP contribution < -0.4 is 15.6 Å². The number of nitro groups is 1. The molecule has 0 bridgehead atoms. The Morgan fingerprint density at radius 3 is 2.59 bits per heavy atom. The highest BCUT2D eigenvalue weighted by molar-refractivity contribution is 6.32. The number of ether oxygens (including phenoxy) is 1. The van der Waals surface area contributed by atoms with Crippen LogP contribution in [-0.4, -0.2) is 52.4 Å². The summed E-state index contributed by atoms with van der Waals surface area (Å²) in [5.74, 6) is 1.06. The second-order valence-corrected chi connectivity index (χ2v) is 7.12. The highest BCUT2D eigenvalue weighted by Crippen LogP contribution is 2.24. The number of hydrogen-bond acceptors (Lipinski definition) is 10. The Morgan fingerprint density at radius 2 is 1.84 bits per heavy atom. The van der Waals surface area contributed by atoms with E-state index >= 15 is 0 Å². The van der Waals surface area contributed by atoms with E-state index in [0.717, 1.165) is 5.69 Å². The fourth-order valence-electron chi connectivity index (χ4n) is 2.94. The van der Waals surface area contributed by atoms with Gasteiger partial charge in [-0.05, 0) is 18.2 Å². The second-order valence-electron chi connectivity index (χ2n) is 6.71. The van der Waals surface area contributed by atoms with Crippen molar-refractivity contribution < 1.29 is 9.66 Å². The molecular formula is C20H19ClN8O3. The Kier molecular flexibility index (Phi) is 6.68. The first kappa shape index (κ1) is 21.4. The molecule has 3 aromatic rings. The number of rotatable bonds is 7. The Bertz CT molecular complexity index is 1120. The van der Waals surface area contributed by atoms with Gasteiger partial charge in [-0.25, -0.2) is 5.43 Å². The zero-order valence-corrected chi connectivity index (χ0v) is 17.6. The van der Waals surface area contributed by atoms with E-state index in [0.29, 0.717) is 43.8 Å². The number of hydrogen-bond donors (Lipinski definition) is 2. The minimum Gasteiger partial charge on any atom is -0.378 e. The summed E-state index contributed by atoms with van der Waals surface area (Å²) < 4.78 is 5.40. The number of nitrogens with zero attached hydrogens (tertiary/aromatic N) is 6. The summed E-state index contributed by atoms with van der Waals surface area (Å²) in [6.45, 7) is 2.49. The van der Waals surface area contributed by atoms with Crippen molar-refractivity contribution in [1.29, 1.82) is 0 Å². The molecule has 32 heavy (non-hydrogen) atoms. The minimum absolute atomic E-state index is 0.0596. The van der Waals surface area contributed by atoms with Gasteiger partial charge in [0.2, 0.25) is 17.8 Å². The number of anilines is 4. The molecule has 4 rings (SSSR count). The third-order valence-corrected chi connectivity index (χ3v) is 4.81. The van der Waals surface area contributed by atoms with Crippen molar-refractivity contribution in [3.63, 3.8) is 0 Å². The highest BCUT2D eigenvalue weighted by atomic mass is 35.5. The molecule has 1 aliphatic rings. The zero-order chi connectivity index (χ0) is 22.3. The molecule has 1 aliphatic heterocycles. The van der Waals surface area contributed by atoms with Crippen LogP contribution in [0.25, 0.3) is 0 Å². The molecule has 0 atom stereocenters. The van der Waals surface area contributed by atoms with Crippen LogP contribution in [0.5, 0.6) is 0 Å². The molecule has 0 saturated carbocycles. The molecule has 2 N–H and O–H groups in total. The number of nitrogens with one attached hydrogen (secondary N) is 2. The molecule has 0 radical (unpaired) electrons. The van der Waals surface area contributed by atoms with E-state index in [9.17, 15) is 10.1 Å². The topological polar surface area (TPSA) is 131 Å². The molecule has 0 spiro atoms. The summed E-state index contributed by atoms with van der Waals surface area (Å²) in [4.78, 5) is 25.8. The summed E-state index contributed by atoms with van der Waals surface area (Å²) in [5, 5.41) is 18.4. The fourth-order valence-corrected chi connectivity index (χ4v) is 3.13. The number of para-hydroxylation sites is 1. The smallest absolute Gasteiger partial charge is 0.288 e. The Balaban J connectivity index is 1.56. The first-order valence-corrected chi connectivity index (χ1v) is 10.1. The molecule has 12 heteroatoms. The lowest BCUT2D eigenvalue weighted by Crippen LogP contribution is -2.37. The molecular weight excluding hydrogens is 436 g/mol. The molecule has 0 unspecified atom stereocenters. The standard InChI is InChI=1S/C20H19ClN8O3/c21-16-7-6-14(12-17(16)29(30)31)13-22-27-19-24-18(23-15-4-2-1-3-5-15)25-20(26-19)28-8-10-32-11-9-28/h1-7,12-13H,8-11H2,(H2,23,24,25,26,27)/b22-13+. The van der Waals surface area contributed by atoms with Gasteiger partial charge in [-0.2, -0.15) is 20.1 Å². The quantitative estimate of drug-likeness (QED) is 0.313. The second kappa shape index (κ2) is 9.98. The average Bonchev–Trinajstić information content (AvgIpc) is 2.81. The van der Waals surface area contributed by atoms with E-state index in [1.165, 1.54) is 18.3 Å². The van der Waals surface area contributed by atoms with Crippen molar-refractivity contribution in [2.24, 2.45) is 5.10 Å². The number of morpholine rings is 1. The highest BCUT2D eigenvalue weighted by Gasteiger charge is 2.17. The van der Waals surface area contributed by atoms with Crippen molar-refractivity contribution in [3.8, 4) is 0 Å². The third kappa shape index (κ3) is 5.45. The minimum atomic E-state index is -0.546. The van der Waals surface area contributed by atoms with Crippen LogP contribution in [0.3, 0.4) is 0 Å². The number of hydrazone groups is 1. The summed E-state index contributed by atoms with van der Waals surface area (Å²) in [5.41, 5.74) is 3.90. The maximum absolute atomic E-state index is 11.1. The Morgan fingerprint density at radius 1 is 1.09 bits per heavy atom. The predicted octanol–water partition coefficient (Wildman–Crippen LogP) is 3.46. The van der Waals surface area contributed by atoms with E-state index in [-0.39, 0.29) is 16.7 Å². The summed E-state index contributed by atoms with van der Waals surface area (Å²) in [6, 6.07) is 13.9. The molecule has 11 nitrogen and oxygen atoms in total. The van der Waals surface area contributed by atoms with Gasteiger partial charge in [0.15, 0.2) is 0 Å². The van der Waals surface area contributed by atoms with E-state index in [2.05, 4.69) is 30.8 Å². The van der Waals surface area contributed by atoms with Gasteiger partial charge in [-0.1, -0.05) is 35.9 Å². The lowest BCUT2D eigenvalue weighted by atomic mass is 10.2. The van der Waals surface area contributed by atoms with E-state index < -0.39 is 4.92 Å². The van der Waals surface area contributed by atoms with Gasteiger partial charge in [0.1, 0.15) is 5.02 Å². The van der Waals surface area contributed by atoms with Crippen LogP contribution in [0.2, 0.25) is 5.02 Å². The summed E-state index contributed by atoms with van der Waals surface area (Å²) in [7, 11) is 0. The van der Waals surface area contributed by atoms with Crippen molar-refractivity contribution in [2.75, 3.05) is 41.9 Å². The van der Waals surface area contributed by atoms with Gasteiger partial charge < -0.3 is 15.0 Å². The van der Waals surface area contributed by atoms with Crippen LogP contribution in [0.1, 0.15) is 5.56 Å². The van der Waals surface area contributed by atoms with Gasteiger partial charge in [-0.3, -0.25) is 10.1 Å². The first-order chi connectivity index (χ1) is 15.6. The zero-order valence-electron chi connectivity index (χ0n) is 16.8. The SMILES string of the molecule is O=[N+]([O-])c1cc(/C=N/Nc2nc(Nc3ccccc3)nc(N3CCOCC3)n2)ccc1Cl. The van der Waals surface area contributed by atoms with E-state index in [1.807, 2.05) is 35.2 Å². The maximum atomic E-state index is 11.1. The largest absolute Gasteiger partial charge is 0.378 e. The van der Waals surface area contributed by atoms with Crippen LogP contribution >= 0.6 is 11.6 Å². The molecule has 1 fully saturated rings. The normalized spacial score (nSPS) is 13.8. The molecule has 2 aromatic carbocycles. The molecule has 1 aromatic heterocycles. The lowest BCUT2D eigenvalue weighted by Gasteiger charge is -2.27. The van der Waals surface area contributed by atoms with Crippen LogP contribution in [-0.2, 0) is 4.74 Å². The maximum Gasteiger partial charge on any atom is 0.288 e. The average molecular weight is 455 g/mol. The van der Waals surface area contributed by atoms with Gasteiger partial charge in [0.25, 0.3) is 5.69 Å². The molecule has 1 saturated heterocycles. The number of nitro benzene ring substituents is 1. The van der Waals surface area contributed by atoms with Crippen molar-refractivity contribution >= 4 is 47.0 Å². The summed E-state index contributed by atoms with van der Waals surface area (Å²) >= 11 is 5.85. The number of aromatic nitrogens is 3. The number of benzene rings is 2. The van der Waals surface area contributed by atoms with Crippen LogP contribution in [0, 0.1) is 10.1 Å². The predicted molar refractivity (Wildman–Crippen MR) is 122 cm³/mol. The van der Waals surface area contributed by atoms with E-state index in [4.69, 9.17) is 16.3 Å². The molecule has 0 aliphatic carbocycles. The lowest BCUT2D eigenvalue weighted by molar-refractivity contribution is -0.384. The monoisotopic (exact) mass is 454 g/mol. The van der Waals surface area contributed by atoms with Gasteiger partial charge in [-0.15, -0.1) is 0 Å². The Hall–Kier alpha value is -3.83. The molecule has 0 amide bonds.